The van der Waals surface area contributed by atoms with E-state index in [0.717, 1.165) is 42.5 Å². The number of allylic oxidation sites excluding steroid dienone is 1. The average Bonchev–Trinajstić information content (AvgIpc) is 2.72. The number of nitrogens with zero attached hydrogens (tertiary/aromatic N) is 4. The van der Waals surface area contributed by atoms with Crippen molar-refractivity contribution in [1.29, 1.82) is 0 Å². The third kappa shape index (κ3) is 3.76. The van der Waals surface area contributed by atoms with Crippen molar-refractivity contribution in [3.63, 3.8) is 0 Å². The molecule has 2 aliphatic rings. The van der Waals surface area contributed by atoms with Crippen LogP contribution in [0.3, 0.4) is 0 Å². The second-order valence-electron chi connectivity index (χ2n) is 8.15. The Hall–Kier alpha value is -2.40. The predicted octanol–water partition coefficient (Wildman–Crippen LogP) is 4.43. The summed E-state index contributed by atoms with van der Waals surface area (Å²) in [4.78, 5) is 22.3. The van der Waals surface area contributed by atoms with Gasteiger partial charge in [0.25, 0.3) is 5.56 Å². The van der Waals surface area contributed by atoms with Gasteiger partial charge in [-0.2, -0.15) is 0 Å². The zero-order valence-corrected chi connectivity index (χ0v) is 17.2. The summed E-state index contributed by atoms with van der Waals surface area (Å²) in [5.41, 5.74) is 5.51. The van der Waals surface area contributed by atoms with Crippen LogP contribution in [-0.4, -0.2) is 27.7 Å². The first-order valence-electron chi connectivity index (χ1n) is 10.4. The third-order valence-corrected chi connectivity index (χ3v) is 6.02. The molecule has 5 nitrogen and oxygen atoms in total. The van der Waals surface area contributed by atoms with Gasteiger partial charge in [-0.25, -0.2) is 4.98 Å². The summed E-state index contributed by atoms with van der Waals surface area (Å²) in [7, 11) is 0. The number of hydrogen-bond donors (Lipinski definition) is 0. The molecule has 0 unspecified atom stereocenters. The summed E-state index contributed by atoms with van der Waals surface area (Å²) in [5.74, 6) is 0.755. The summed E-state index contributed by atoms with van der Waals surface area (Å²) in [6.07, 6.45) is 8.58. The Kier molecular flexibility index (Phi) is 5.36. The monoisotopic (exact) mass is 378 g/mol. The van der Waals surface area contributed by atoms with Gasteiger partial charge in [0, 0.05) is 23.5 Å². The highest BCUT2D eigenvalue weighted by Crippen LogP contribution is 2.28. The molecule has 1 aromatic heterocycles. The highest BCUT2D eigenvalue weighted by molar-refractivity contribution is 5.58. The minimum Gasteiger partial charge on any atom is -0.298 e. The molecule has 0 radical (unpaired) electrons. The Morgan fingerprint density at radius 1 is 1.04 bits per heavy atom. The van der Waals surface area contributed by atoms with E-state index in [-0.39, 0.29) is 5.56 Å². The topological polar surface area (TPSA) is 41.4 Å². The number of rotatable bonds is 4. The molecule has 5 heteroatoms. The second-order valence-corrected chi connectivity index (χ2v) is 8.15. The molecular formula is C23H30N4O. The first-order chi connectivity index (χ1) is 13.5. The maximum atomic E-state index is 13.0. The van der Waals surface area contributed by atoms with Crippen LogP contribution in [0.25, 0.3) is 0 Å². The molecule has 0 saturated heterocycles. The Morgan fingerprint density at radius 2 is 1.82 bits per heavy atom. The number of aryl methyl sites for hydroxylation is 2. The molecule has 0 spiro atoms. The molecule has 0 saturated carbocycles. The third-order valence-electron chi connectivity index (χ3n) is 6.02. The zero-order valence-electron chi connectivity index (χ0n) is 17.2. The molecule has 0 atom stereocenters. The largest absolute Gasteiger partial charge is 0.298 e. The molecule has 28 heavy (non-hydrogen) atoms. The second kappa shape index (κ2) is 7.92. The maximum Gasteiger partial charge on any atom is 0.259 e. The van der Waals surface area contributed by atoms with Crippen molar-refractivity contribution >= 4 is 11.6 Å². The van der Waals surface area contributed by atoms with Crippen LogP contribution < -0.4 is 10.5 Å². The van der Waals surface area contributed by atoms with Crippen LogP contribution in [0.15, 0.2) is 40.7 Å². The molecule has 2 heterocycles. The number of fused-ring (bicyclic) bond motifs is 1. The van der Waals surface area contributed by atoms with Crippen molar-refractivity contribution in [2.75, 3.05) is 18.1 Å². The normalized spacial score (nSPS) is 17.4. The van der Waals surface area contributed by atoms with E-state index in [9.17, 15) is 4.79 Å². The molecule has 0 amide bonds. The first-order valence-corrected chi connectivity index (χ1v) is 10.4. The number of hydrogen-bond acceptors (Lipinski definition) is 4. The Labute approximate surface area is 167 Å². The quantitative estimate of drug-likeness (QED) is 0.738. The van der Waals surface area contributed by atoms with Crippen LogP contribution in [0, 0.1) is 20.8 Å². The lowest BCUT2D eigenvalue weighted by Gasteiger charge is -2.38. The van der Waals surface area contributed by atoms with Crippen molar-refractivity contribution in [3.8, 4) is 0 Å². The maximum absolute atomic E-state index is 13.0. The Bertz CT molecular complexity index is 942. The predicted molar refractivity (Wildman–Crippen MR) is 114 cm³/mol. The van der Waals surface area contributed by atoms with Gasteiger partial charge in [-0.3, -0.25) is 19.2 Å². The molecule has 4 rings (SSSR count). The Balaban J connectivity index is 1.66. The van der Waals surface area contributed by atoms with Crippen molar-refractivity contribution in [2.24, 2.45) is 0 Å². The summed E-state index contributed by atoms with van der Waals surface area (Å²) in [6, 6.07) is 8.47. The molecule has 0 N–H and O–H groups in total. The van der Waals surface area contributed by atoms with E-state index in [1.807, 2.05) is 18.4 Å². The fourth-order valence-electron chi connectivity index (χ4n) is 4.08. The van der Waals surface area contributed by atoms with Crippen LogP contribution in [0.1, 0.15) is 48.9 Å². The standard InChI is InChI=1S/C23H30N4O/c1-17-9-11-21(12-10-17)26-15-25(14-13-20-7-5-4-6-8-20)16-27-22(28)18(2)19(3)24-23(26)27/h7,9-12H,4-6,8,13-16H2,1-3H3. The van der Waals surface area contributed by atoms with Gasteiger partial charge in [0.2, 0.25) is 5.95 Å². The van der Waals surface area contributed by atoms with Gasteiger partial charge in [0.05, 0.1) is 13.3 Å². The molecular weight excluding hydrogens is 348 g/mol. The fraction of sp³-hybridized carbons (Fsp3) is 0.478. The van der Waals surface area contributed by atoms with E-state index in [1.165, 1.54) is 31.2 Å². The van der Waals surface area contributed by atoms with Crippen molar-refractivity contribution < 1.29 is 0 Å². The number of benzene rings is 1. The van der Waals surface area contributed by atoms with Crippen molar-refractivity contribution in [1.82, 2.24) is 14.5 Å². The summed E-state index contributed by atoms with van der Waals surface area (Å²) in [6.45, 7) is 8.22. The van der Waals surface area contributed by atoms with E-state index in [1.54, 1.807) is 5.57 Å². The van der Waals surface area contributed by atoms with Crippen LogP contribution in [0.2, 0.25) is 0 Å². The van der Waals surface area contributed by atoms with E-state index in [0.29, 0.717) is 6.67 Å². The van der Waals surface area contributed by atoms with Gasteiger partial charge in [-0.05, 0) is 65.0 Å². The van der Waals surface area contributed by atoms with Crippen molar-refractivity contribution in [3.05, 3.63) is 63.1 Å². The van der Waals surface area contributed by atoms with E-state index >= 15 is 0 Å². The fourth-order valence-corrected chi connectivity index (χ4v) is 4.08. The Morgan fingerprint density at radius 3 is 2.54 bits per heavy atom. The number of aromatic nitrogens is 2. The van der Waals surface area contributed by atoms with Crippen LogP contribution in [-0.2, 0) is 6.67 Å². The minimum absolute atomic E-state index is 0.0705. The first kappa shape index (κ1) is 18.9. The lowest BCUT2D eigenvalue weighted by atomic mass is 9.97. The number of anilines is 2. The van der Waals surface area contributed by atoms with Gasteiger partial charge in [-0.1, -0.05) is 29.3 Å². The van der Waals surface area contributed by atoms with Gasteiger partial charge in [0.15, 0.2) is 0 Å². The van der Waals surface area contributed by atoms with Crippen LogP contribution in [0.5, 0.6) is 0 Å². The van der Waals surface area contributed by atoms with E-state index in [2.05, 4.69) is 47.1 Å². The van der Waals surface area contributed by atoms with Gasteiger partial charge < -0.3 is 0 Å². The lowest BCUT2D eigenvalue weighted by Crippen LogP contribution is -2.48. The summed E-state index contributed by atoms with van der Waals surface area (Å²) >= 11 is 0. The zero-order chi connectivity index (χ0) is 19.7. The highest BCUT2D eigenvalue weighted by atomic mass is 16.1. The van der Waals surface area contributed by atoms with Crippen LogP contribution in [0.4, 0.5) is 11.6 Å². The molecule has 0 bridgehead atoms. The highest BCUT2D eigenvalue weighted by Gasteiger charge is 2.27. The van der Waals surface area contributed by atoms with E-state index < -0.39 is 0 Å². The molecule has 2 aromatic rings. The minimum atomic E-state index is 0.0705. The summed E-state index contributed by atoms with van der Waals surface area (Å²) in [5, 5.41) is 0. The molecule has 148 valence electrons. The SMILES string of the molecule is Cc1ccc(N2CN(CCC3=CCCCC3)Cn3c2nc(C)c(C)c3=O)cc1. The van der Waals surface area contributed by atoms with Gasteiger partial charge in [0.1, 0.15) is 0 Å². The van der Waals surface area contributed by atoms with Crippen LogP contribution >= 0.6 is 0 Å². The molecule has 1 aliphatic heterocycles. The summed E-state index contributed by atoms with van der Waals surface area (Å²) < 4.78 is 1.83. The molecule has 1 aromatic carbocycles. The average molecular weight is 379 g/mol. The molecule has 1 aliphatic carbocycles. The lowest BCUT2D eigenvalue weighted by molar-refractivity contribution is 0.199. The smallest absolute Gasteiger partial charge is 0.259 e. The van der Waals surface area contributed by atoms with Gasteiger partial charge in [-0.15, -0.1) is 0 Å². The van der Waals surface area contributed by atoms with Gasteiger partial charge >= 0.3 is 0 Å². The molecule has 0 fully saturated rings. The van der Waals surface area contributed by atoms with Crippen molar-refractivity contribution in [2.45, 2.75) is 59.5 Å². The van der Waals surface area contributed by atoms with E-state index in [4.69, 9.17) is 4.98 Å².